The van der Waals surface area contributed by atoms with E-state index in [-0.39, 0.29) is 11.9 Å². The van der Waals surface area contributed by atoms with Crippen molar-refractivity contribution in [1.82, 2.24) is 19.9 Å². The normalized spacial score (nSPS) is 16.7. The highest BCUT2D eigenvalue weighted by atomic mass is 16.5. The standard InChI is InChI=1S/C26H34N6O2/c1-16(2)29-23-13-24(27-14-18-8-10-34-11-9-18)32-25(31-23)22(15-28-32)19-4-7-21(17(3)12-19)26(33)30-20-5-6-20/h4,7,12-13,15-16,18,20,27H,5-6,8-11,14H2,1-3H3,(H,29,31)(H,30,33). The molecule has 2 fully saturated rings. The minimum Gasteiger partial charge on any atom is -0.381 e. The Morgan fingerprint density at radius 2 is 1.97 bits per heavy atom. The van der Waals surface area contributed by atoms with Crippen molar-refractivity contribution in [1.29, 1.82) is 0 Å². The highest BCUT2D eigenvalue weighted by molar-refractivity contribution is 5.97. The van der Waals surface area contributed by atoms with Crippen LogP contribution in [-0.2, 0) is 4.74 Å². The largest absolute Gasteiger partial charge is 0.381 e. The van der Waals surface area contributed by atoms with Gasteiger partial charge in [0.05, 0.1) is 6.20 Å². The number of aromatic nitrogens is 3. The van der Waals surface area contributed by atoms with Crippen molar-refractivity contribution >= 4 is 23.2 Å². The second kappa shape index (κ2) is 9.62. The van der Waals surface area contributed by atoms with Crippen molar-refractivity contribution in [3.8, 4) is 11.1 Å². The molecule has 8 nitrogen and oxygen atoms in total. The highest BCUT2D eigenvalue weighted by Crippen LogP contribution is 2.29. The van der Waals surface area contributed by atoms with E-state index in [1.165, 1.54) is 0 Å². The van der Waals surface area contributed by atoms with E-state index in [2.05, 4.69) is 41.0 Å². The molecular weight excluding hydrogens is 428 g/mol. The summed E-state index contributed by atoms with van der Waals surface area (Å²) in [7, 11) is 0. The predicted octanol–water partition coefficient (Wildman–Crippen LogP) is 4.26. The third-order valence-corrected chi connectivity index (χ3v) is 6.52. The maximum Gasteiger partial charge on any atom is 0.251 e. The first-order valence-corrected chi connectivity index (χ1v) is 12.4. The summed E-state index contributed by atoms with van der Waals surface area (Å²) in [5.74, 6) is 2.33. The molecule has 1 aliphatic heterocycles. The van der Waals surface area contributed by atoms with Crippen molar-refractivity contribution in [2.45, 2.75) is 58.5 Å². The molecule has 0 bridgehead atoms. The molecule has 180 valence electrons. The summed E-state index contributed by atoms with van der Waals surface area (Å²) in [6.45, 7) is 8.73. The second-order valence-electron chi connectivity index (χ2n) is 9.83. The van der Waals surface area contributed by atoms with Gasteiger partial charge in [0.25, 0.3) is 5.91 Å². The van der Waals surface area contributed by atoms with Gasteiger partial charge in [0.1, 0.15) is 11.6 Å². The molecule has 3 heterocycles. The van der Waals surface area contributed by atoms with E-state index in [0.717, 1.165) is 85.0 Å². The van der Waals surface area contributed by atoms with Crippen LogP contribution in [0, 0.1) is 12.8 Å². The maximum absolute atomic E-state index is 12.6. The number of nitrogens with zero attached hydrogens (tertiary/aromatic N) is 3. The Morgan fingerprint density at radius 3 is 2.68 bits per heavy atom. The van der Waals surface area contributed by atoms with E-state index in [4.69, 9.17) is 9.72 Å². The molecule has 5 rings (SSSR count). The van der Waals surface area contributed by atoms with Crippen LogP contribution >= 0.6 is 0 Å². The van der Waals surface area contributed by atoms with Gasteiger partial charge in [-0.05, 0) is 69.6 Å². The van der Waals surface area contributed by atoms with Crippen molar-refractivity contribution in [2.75, 3.05) is 30.4 Å². The molecule has 0 unspecified atom stereocenters. The van der Waals surface area contributed by atoms with Crippen LogP contribution in [0.25, 0.3) is 16.8 Å². The molecule has 3 aromatic rings. The zero-order chi connectivity index (χ0) is 23.7. The summed E-state index contributed by atoms with van der Waals surface area (Å²) in [6, 6.07) is 8.58. The van der Waals surface area contributed by atoms with Gasteiger partial charge in [-0.2, -0.15) is 9.61 Å². The molecular formula is C26H34N6O2. The first-order valence-electron chi connectivity index (χ1n) is 12.4. The topological polar surface area (TPSA) is 92.6 Å². The molecule has 8 heteroatoms. The van der Waals surface area contributed by atoms with Crippen molar-refractivity contribution < 1.29 is 9.53 Å². The van der Waals surface area contributed by atoms with Gasteiger partial charge in [-0.1, -0.05) is 12.1 Å². The molecule has 1 saturated heterocycles. The summed E-state index contributed by atoms with van der Waals surface area (Å²) in [4.78, 5) is 17.4. The number of amides is 1. The van der Waals surface area contributed by atoms with Crippen LogP contribution in [0.2, 0.25) is 0 Å². The van der Waals surface area contributed by atoms with Crippen molar-refractivity contribution in [3.63, 3.8) is 0 Å². The summed E-state index contributed by atoms with van der Waals surface area (Å²) in [6.07, 6.45) is 6.16. The van der Waals surface area contributed by atoms with E-state index >= 15 is 0 Å². The number of carbonyl (C=O) groups is 1. The molecule has 0 spiro atoms. The van der Waals surface area contributed by atoms with E-state index in [1.54, 1.807) is 0 Å². The number of rotatable bonds is 8. The SMILES string of the molecule is Cc1cc(-c2cnn3c(NCC4CCOCC4)cc(NC(C)C)nc23)ccc1C(=O)NC1CC1. The number of nitrogens with one attached hydrogen (secondary N) is 3. The molecule has 2 aromatic heterocycles. The summed E-state index contributed by atoms with van der Waals surface area (Å²) in [5, 5.41) is 14.8. The molecule has 0 atom stereocenters. The smallest absolute Gasteiger partial charge is 0.251 e. The van der Waals surface area contributed by atoms with Crippen LogP contribution in [0.1, 0.15) is 55.5 Å². The fourth-order valence-electron chi connectivity index (χ4n) is 4.44. The number of ether oxygens (including phenoxy) is 1. The van der Waals surface area contributed by atoms with Crippen LogP contribution in [-0.4, -0.2) is 52.3 Å². The molecule has 1 saturated carbocycles. The molecule has 3 N–H and O–H groups in total. The Labute approximate surface area is 200 Å². The van der Waals surface area contributed by atoms with Gasteiger partial charge in [0.2, 0.25) is 0 Å². The molecule has 1 aromatic carbocycles. The van der Waals surface area contributed by atoms with Gasteiger partial charge >= 0.3 is 0 Å². The number of hydrogen-bond donors (Lipinski definition) is 3. The lowest BCUT2D eigenvalue weighted by Gasteiger charge is -2.23. The average Bonchev–Trinajstić information content (AvgIpc) is 3.53. The maximum atomic E-state index is 12.6. The fraction of sp³-hybridized carbons (Fsp3) is 0.500. The zero-order valence-electron chi connectivity index (χ0n) is 20.2. The highest BCUT2D eigenvalue weighted by Gasteiger charge is 2.24. The van der Waals surface area contributed by atoms with E-state index in [9.17, 15) is 4.79 Å². The number of carbonyl (C=O) groups excluding carboxylic acids is 1. The molecule has 34 heavy (non-hydrogen) atoms. The predicted molar refractivity (Wildman–Crippen MR) is 134 cm³/mol. The third-order valence-electron chi connectivity index (χ3n) is 6.52. The number of fused-ring (bicyclic) bond motifs is 1. The van der Waals surface area contributed by atoms with E-state index in [1.807, 2.05) is 35.8 Å². The lowest BCUT2D eigenvalue weighted by Crippen LogP contribution is -2.26. The number of aryl methyl sites for hydroxylation is 1. The Hall–Kier alpha value is -3.13. The van der Waals surface area contributed by atoms with Gasteiger partial charge in [-0.15, -0.1) is 0 Å². The minimum atomic E-state index is 0.00700. The Morgan fingerprint density at radius 1 is 1.18 bits per heavy atom. The monoisotopic (exact) mass is 462 g/mol. The van der Waals surface area contributed by atoms with Crippen LogP contribution in [0.3, 0.4) is 0 Å². The van der Waals surface area contributed by atoms with E-state index in [0.29, 0.717) is 12.0 Å². The number of hydrogen-bond acceptors (Lipinski definition) is 6. The molecule has 0 radical (unpaired) electrons. The lowest BCUT2D eigenvalue weighted by atomic mass is 10.0. The summed E-state index contributed by atoms with van der Waals surface area (Å²) >= 11 is 0. The van der Waals surface area contributed by atoms with Crippen LogP contribution in [0.15, 0.2) is 30.5 Å². The van der Waals surface area contributed by atoms with Gasteiger partial charge in [0, 0.05) is 49.0 Å². The minimum absolute atomic E-state index is 0.00700. The van der Waals surface area contributed by atoms with E-state index < -0.39 is 0 Å². The first-order chi connectivity index (χ1) is 16.5. The molecule has 1 aliphatic carbocycles. The van der Waals surface area contributed by atoms with Gasteiger partial charge in [0.15, 0.2) is 5.65 Å². The van der Waals surface area contributed by atoms with Gasteiger partial charge < -0.3 is 20.7 Å². The Balaban J connectivity index is 1.46. The lowest BCUT2D eigenvalue weighted by molar-refractivity contribution is 0.0699. The number of benzene rings is 1. The van der Waals surface area contributed by atoms with Crippen molar-refractivity contribution in [2.24, 2.45) is 5.92 Å². The van der Waals surface area contributed by atoms with Crippen LogP contribution in [0.5, 0.6) is 0 Å². The zero-order valence-corrected chi connectivity index (χ0v) is 20.2. The van der Waals surface area contributed by atoms with Gasteiger partial charge in [-0.3, -0.25) is 4.79 Å². The van der Waals surface area contributed by atoms with Crippen LogP contribution in [0.4, 0.5) is 11.6 Å². The number of anilines is 2. The molecule has 2 aliphatic rings. The van der Waals surface area contributed by atoms with Crippen molar-refractivity contribution in [3.05, 3.63) is 41.6 Å². The van der Waals surface area contributed by atoms with Gasteiger partial charge in [-0.25, -0.2) is 4.98 Å². The average molecular weight is 463 g/mol. The summed E-state index contributed by atoms with van der Waals surface area (Å²) < 4.78 is 7.38. The first kappa shape index (κ1) is 22.7. The summed E-state index contributed by atoms with van der Waals surface area (Å²) in [5.41, 5.74) is 4.40. The fourth-order valence-corrected chi connectivity index (χ4v) is 4.44. The Bertz CT molecular complexity index is 1180. The van der Waals surface area contributed by atoms with Crippen LogP contribution < -0.4 is 16.0 Å². The quantitative estimate of drug-likeness (QED) is 0.463. The third kappa shape index (κ3) is 5.01. The molecule has 1 amide bonds. The Kier molecular flexibility index (Phi) is 6.41. The second-order valence-corrected chi connectivity index (χ2v) is 9.83.